The van der Waals surface area contributed by atoms with Crippen LogP contribution in [0.15, 0.2) is 24.3 Å². The van der Waals surface area contributed by atoms with Crippen molar-refractivity contribution in [2.75, 3.05) is 106 Å². The Morgan fingerprint density at radius 3 is 1.38 bits per heavy atom. The fourth-order valence-electron chi connectivity index (χ4n) is 6.08. The summed E-state index contributed by atoms with van der Waals surface area (Å²) in [6.07, 6.45) is 15.9. The number of ether oxygens (including phenoxy) is 6. The van der Waals surface area contributed by atoms with Gasteiger partial charge in [-0.05, 0) is 71.2 Å². The molecule has 4 N–H and O–H groups in total. The molecule has 0 aromatic heterocycles. The Bertz CT molecular complexity index is 1570. The zero-order valence-corrected chi connectivity index (χ0v) is 40.1. The lowest BCUT2D eigenvalue weighted by molar-refractivity contribution is -0.121. The number of nitrogens with zero attached hydrogens (tertiary/aromatic N) is 2. The van der Waals surface area contributed by atoms with Crippen LogP contribution < -0.4 is 25.8 Å². The summed E-state index contributed by atoms with van der Waals surface area (Å²) >= 11 is 0. The molecule has 1 unspecified atom stereocenters. The van der Waals surface area contributed by atoms with E-state index >= 15 is 0 Å². The first-order valence-corrected chi connectivity index (χ1v) is 23.3. The number of hydrogen-bond acceptors (Lipinski definition) is 14. The van der Waals surface area contributed by atoms with E-state index < -0.39 is 20.0 Å². The molecule has 18 nitrogen and oxygen atoms in total. The van der Waals surface area contributed by atoms with Crippen LogP contribution in [0.2, 0.25) is 0 Å². The number of nitrogens with one attached hydrogen (secondary N) is 4. The van der Waals surface area contributed by atoms with Crippen LogP contribution in [-0.4, -0.2) is 151 Å². The third kappa shape index (κ3) is 29.0. The van der Waals surface area contributed by atoms with Crippen LogP contribution in [0.5, 0.6) is 5.75 Å². The highest BCUT2D eigenvalue weighted by Gasteiger charge is 2.34. The third-order valence-corrected chi connectivity index (χ3v) is 11.3. The summed E-state index contributed by atoms with van der Waals surface area (Å²) < 4.78 is 46.5. The van der Waals surface area contributed by atoms with E-state index in [2.05, 4.69) is 49.8 Å². The molecule has 66 heavy (non-hydrogen) atoms. The molecule has 0 bridgehead atoms. The quantitative estimate of drug-likeness (QED) is 0.0421. The Morgan fingerprint density at radius 2 is 1.02 bits per heavy atom. The highest BCUT2D eigenvalue weighted by molar-refractivity contribution is 7.45. The van der Waals surface area contributed by atoms with Crippen molar-refractivity contribution in [1.82, 2.24) is 25.9 Å². The molecule has 0 saturated carbocycles. The number of terminal acetylenes is 3. The predicted molar refractivity (Wildman–Crippen MR) is 251 cm³/mol. The Kier molecular flexibility index (Phi) is 34.4. The number of carbonyl (C=O) groups is 4. The average Bonchev–Trinajstić information content (AvgIpc) is 3.29. The van der Waals surface area contributed by atoms with Crippen molar-refractivity contribution in [1.29, 1.82) is 5.26 Å². The van der Waals surface area contributed by atoms with Gasteiger partial charge in [-0.1, -0.05) is 17.8 Å². The first kappa shape index (κ1) is 59.2. The van der Waals surface area contributed by atoms with Gasteiger partial charge in [-0.25, -0.2) is 4.67 Å². The molecule has 19 heteroatoms. The van der Waals surface area contributed by atoms with Gasteiger partial charge in [-0.2, -0.15) is 5.26 Å². The molecule has 0 fully saturated rings. The van der Waals surface area contributed by atoms with Gasteiger partial charge < -0.3 is 58.7 Å². The predicted octanol–water partition coefficient (Wildman–Crippen LogP) is 3.50. The summed E-state index contributed by atoms with van der Waals surface area (Å²) in [6, 6.07) is 8.77. The van der Waals surface area contributed by atoms with Gasteiger partial charge in [0.05, 0.1) is 78.6 Å². The van der Waals surface area contributed by atoms with Gasteiger partial charge in [-0.15, -0.1) is 19.3 Å². The van der Waals surface area contributed by atoms with Crippen molar-refractivity contribution in [2.24, 2.45) is 0 Å². The van der Waals surface area contributed by atoms with Crippen molar-refractivity contribution in [3.8, 4) is 48.9 Å². The van der Waals surface area contributed by atoms with E-state index in [1.165, 1.54) is 0 Å². The molecule has 0 aliphatic carbocycles. The van der Waals surface area contributed by atoms with Crippen LogP contribution in [0.3, 0.4) is 0 Å². The van der Waals surface area contributed by atoms with Gasteiger partial charge in [-0.3, -0.25) is 19.2 Å². The van der Waals surface area contributed by atoms with Gasteiger partial charge >= 0.3 is 8.53 Å². The normalized spacial score (nSPS) is 11.6. The van der Waals surface area contributed by atoms with E-state index in [9.17, 15) is 19.2 Å². The second-order valence-corrected chi connectivity index (χ2v) is 16.4. The van der Waals surface area contributed by atoms with E-state index in [0.717, 1.165) is 0 Å². The second-order valence-electron chi connectivity index (χ2n) is 15.1. The number of rotatable bonds is 40. The number of carbonyl (C=O) groups excluding carboxylic acids is 4. The summed E-state index contributed by atoms with van der Waals surface area (Å²) in [5, 5.41) is 20.7. The van der Waals surface area contributed by atoms with Crippen LogP contribution in [0, 0.1) is 48.4 Å². The maximum Gasteiger partial charge on any atom is 0.321 e. The summed E-state index contributed by atoms with van der Waals surface area (Å²) in [4.78, 5) is 53.8. The Labute approximate surface area is 393 Å². The SMILES string of the molecule is C#CCOCCOCCNC(=O)CCC(CCC(=O)NCCOCCOCC#C)(CCC(=O)NCCOCCOCC#C)NC(=O)c1ccc(OP(OCCC#N)N(C(C)C)C(C)C)cc1. The Balaban J connectivity index is 3.30. The van der Waals surface area contributed by atoms with Gasteiger partial charge in [0.2, 0.25) is 17.7 Å². The minimum atomic E-state index is -1.59. The Morgan fingerprint density at radius 1 is 0.621 bits per heavy atom. The summed E-state index contributed by atoms with van der Waals surface area (Å²) in [7, 11) is -1.59. The van der Waals surface area contributed by atoms with Gasteiger partial charge in [0.15, 0.2) is 0 Å². The van der Waals surface area contributed by atoms with Crippen molar-refractivity contribution >= 4 is 32.2 Å². The molecule has 1 atom stereocenters. The minimum absolute atomic E-state index is 0.0374. The molecular formula is C47H71N6O12P. The van der Waals surface area contributed by atoms with Crippen LogP contribution in [0.25, 0.3) is 0 Å². The van der Waals surface area contributed by atoms with Crippen LogP contribution >= 0.6 is 8.53 Å². The highest BCUT2D eigenvalue weighted by Crippen LogP contribution is 2.46. The smallest absolute Gasteiger partial charge is 0.321 e. The van der Waals surface area contributed by atoms with Crippen LogP contribution in [-0.2, 0) is 47.3 Å². The molecule has 0 aliphatic heterocycles. The summed E-state index contributed by atoms with van der Waals surface area (Å²) in [5.74, 6) is 6.17. The number of nitriles is 1. The molecule has 4 amide bonds. The zero-order chi connectivity index (χ0) is 48.7. The summed E-state index contributed by atoms with van der Waals surface area (Å²) in [6.45, 7) is 12.1. The molecule has 1 aromatic rings. The fourth-order valence-corrected chi connectivity index (χ4v) is 7.66. The van der Waals surface area contributed by atoms with Crippen LogP contribution in [0.1, 0.15) is 83.0 Å². The molecule has 0 heterocycles. The van der Waals surface area contributed by atoms with Crippen molar-refractivity contribution in [3.05, 3.63) is 29.8 Å². The molecule has 0 saturated heterocycles. The van der Waals surface area contributed by atoms with Gasteiger partial charge in [0, 0.05) is 62.1 Å². The van der Waals surface area contributed by atoms with Crippen molar-refractivity contribution in [2.45, 2.75) is 90.3 Å². The van der Waals surface area contributed by atoms with Crippen molar-refractivity contribution in [3.63, 3.8) is 0 Å². The highest BCUT2D eigenvalue weighted by atomic mass is 31.2. The van der Waals surface area contributed by atoms with E-state index in [1.807, 2.05) is 27.7 Å². The Hall–Kier alpha value is -4.82. The number of benzene rings is 1. The van der Waals surface area contributed by atoms with E-state index in [1.54, 1.807) is 24.3 Å². The molecule has 1 rings (SSSR count). The molecule has 0 radical (unpaired) electrons. The van der Waals surface area contributed by atoms with E-state index in [-0.39, 0.29) is 146 Å². The molecule has 366 valence electrons. The first-order chi connectivity index (χ1) is 31.9. The van der Waals surface area contributed by atoms with Crippen LogP contribution in [0.4, 0.5) is 0 Å². The number of hydrogen-bond donors (Lipinski definition) is 4. The van der Waals surface area contributed by atoms with Gasteiger partial charge in [0.25, 0.3) is 5.91 Å². The average molecular weight is 943 g/mol. The van der Waals surface area contributed by atoms with Crippen molar-refractivity contribution < 1.29 is 56.6 Å². The molecule has 0 spiro atoms. The number of amides is 4. The second kappa shape index (κ2) is 38.3. The maximum atomic E-state index is 14.2. The lowest BCUT2D eigenvalue weighted by Gasteiger charge is -2.35. The molecular weight excluding hydrogens is 872 g/mol. The molecule has 1 aromatic carbocycles. The zero-order valence-electron chi connectivity index (χ0n) is 39.2. The molecule has 0 aliphatic rings. The lowest BCUT2D eigenvalue weighted by Crippen LogP contribution is -2.50. The standard InChI is InChI=1S/C47H71N6O12P/c1-8-26-58-33-36-61-30-23-49-43(54)16-19-47(20-17-44(55)50-24-31-62-37-34-59-27-9-2,21-18-45(56)51-25-32-63-38-35-60-28-10-3)52-46(57)41-12-14-42(15-13-41)65-66(64-29-11-22-48)53(39(4)5)40(6)7/h1-3,12-15,39-40H,11,16-21,23-38H2,4-7H3,(H,49,54)(H,50,55)(H,51,56)(H,52,57). The minimum Gasteiger partial charge on any atom is -0.436 e. The largest absolute Gasteiger partial charge is 0.436 e. The van der Waals surface area contributed by atoms with E-state index in [0.29, 0.717) is 45.4 Å². The summed E-state index contributed by atoms with van der Waals surface area (Å²) in [5.41, 5.74) is -0.920. The first-order valence-electron chi connectivity index (χ1n) is 22.2. The third-order valence-electron chi connectivity index (χ3n) is 9.21. The van der Waals surface area contributed by atoms with Gasteiger partial charge in [0.1, 0.15) is 25.6 Å². The lowest BCUT2D eigenvalue weighted by atomic mass is 9.82. The maximum absolute atomic E-state index is 14.2. The monoisotopic (exact) mass is 942 g/mol. The fraction of sp³-hybridized carbons (Fsp3) is 0.638. The van der Waals surface area contributed by atoms with E-state index in [4.69, 9.17) is 62.0 Å². The topological polar surface area (TPSA) is 217 Å².